The van der Waals surface area contributed by atoms with Crippen LogP contribution in [-0.4, -0.2) is 19.8 Å². The molecule has 106 valence electrons. The van der Waals surface area contributed by atoms with Crippen LogP contribution in [0.2, 0.25) is 0 Å². The molecule has 2 rings (SSSR count). The molecular formula is C15H24N2O2. The molecule has 0 radical (unpaired) electrons. The first-order valence-electron chi connectivity index (χ1n) is 7.10. The second-order valence-electron chi connectivity index (χ2n) is 5.02. The van der Waals surface area contributed by atoms with Gasteiger partial charge in [0.25, 0.3) is 0 Å². The summed E-state index contributed by atoms with van der Waals surface area (Å²) in [6.07, 6.45) is 3.31. The van der Waals surface area contributed by atoms with Gasteiger partial charge in [-0.05, 0) is 49.8 Å². The van der Waals surface area contributed by atoms with Crippen LogP contribution in [0.5, 0.6) is 5.75 Å². The standard InChI is InChI=1S/C15H24N2O2/c1-2-19-14-5-3-4-13(11-14)15(17-16)10-12-6-8-18-9-7-12/h3-5,11-12,15,17H,2,6-10,16H2,1H3. The molecule has 1 aliphatic heterocycles. The monoisotopic (exact) mass is 264 g/mol. The lowest BCUT2D eigenvalue weighted by atomic mass is 9.90. The predicted molar refractivity (Wildman–Crippen MR) is 75.8 cm³/mol. The molecule has 0 amide bonds. The summed E-state index contributed by atoms with van der Waals surface area (Å²) in [5.41, 5.74) is 4.13. The number of rotatable bonds is 6. The van der Waals surface area contributed by atoms with Crippen LogP contribution < -0.4 is 16.0 Å². The van der Waals surface area contributed by atoms with E-state index in [1.54, 1.807) is 0 Å². The summed E-state index contributed by atoms with van der Waals surface area (Å²) in [6.45, 7) is 4.43. The summed E-state index contributed by atoms with van der Waals surface area (Å²) in [4.78, 5) is 0. The molecule has 0 saturated carbocycles. The maximum absolute atomic E-state index is 5.72. The van der Waals surface area contributed by atoms with Crippen LogP contribution in [0.3, 0.4) is 0 Å². The summed E-state index contributed by atoms with van der Waals surface area (Å²) in [5, 5.41) is 0. The van der Waals surface area contributed by atoms with Gasteiger partial charge in [0.15, 0.2) is 0 Å². The van der Waals surface area contributed by atoms with Gasteiger partial charge in [0, 0.05) is 19.3 Å². The van der Waals surface area contributed by atoms with Crippen LogP contribution >= 0.6 is 0 Å². The Balaban J connectivity index is 2.01. The number of nitrogens with two attached hydrogens (primary N) is 1. The number of nitrogens with one attached hydrogen (secondary N) is 1. The molecule has 4 nitrogen and oxygen atoms in total. The van der Waals surface area contributed by atoms with Crippen LogP contribution in [0.15, 0.2) is 24.3 Å². The van der Waals surface area contributed by atoms with Gasteiger partial charge in [-0.3, -0.25) is 11.3 Å². The molecule has 1 saturated heterocycles. The summed E-state index contributed by atoms with van der Waals surface area (Å²) >= 11 is 0. The van der Waals surface area contributed by atoms with E-state index in [9.17, 15) is 0 Å². The van der Waals surface area contributed by atoms with Gasteiger partial charge >= 0.3 is 0 Å². The van der Waals surface area contributed by atoms with Gasteiger partial charge in [0.1, 0.15) is 5.75 Å². The summed E-state index contributed by atoms with van der Waals surface area (Å²) in [5.74, 6) is 7.32. The van der Waals surface area contributed by atoms with Crippen molar-refractivity contribution in [2.24, 2.45) is 11.8 Å². The summed E-state index contributed by atoms with van der Waals surface area (Å²) < 4.78 is 10.9. The number of hydrogen-bond acceptors (Lipinski definition) is 4. The topological polar surface area (TPSA) is 56.5 Å². The van der Waals surface area contributed by atoms with Crippen molar-refractivity contribution >= 4 is 0 Å². The number of ether oxygens (including phenoxy) is 2. The fourth-order valence-electron chi connectivity index (χ4n) is 2.60. The lowest BCUT2D eigenvalue weighted by Crippen LogP contribution is -2.31. The molecule has 19 heavy (non-hydrogen) atoms. The third kappa shape index (κ3) is 4.20. The second kappa shape index (κ2) is 7.48. The lowest BCUT2D eigenvalue weighted by molar-refractivity contribution is 0.0605. The number of hydrazine groups is 1. The van der Waals surface area contributed by atoms with E-state index in [-0.39, 0.29) is 6.04 Å². The average molecular weight is 264 g/mol. The second-order valence-corrected chi connectivity index (χ2v) is 5.02. The van der Waals surface area contributed by atoms with Gasteiger partial charge in [0.05, 0.1) is 6.61 Å². The minimum atomic E-state index is 0.184. The Morgan fingerprint density at radius 2 is 2.21 bits per heavy atom. The smallest absolute Gasteiger partial charge is 0.119 e. The average Bonchev–Trinajstić information content (AvgIpc) is 2.46. The highest BCUT2D eigenvalue weighted by atomic mass is 16.5. The zero-order chi connectivity index (χ0) is 13.5. The summed E-state index contributed by atoms with van der Waals surface area (Å²) in [7, 11) is 0. The Hall–Kier alpha value is -1.10. The third-order valence-corrected chi connectivity index (χ3v) is 3.68. The fourth-order valence-corrected chi connectivity index (χ4v) is 2.60. The highest BCUT2D eigenvalue weighted by Gasteiger charge is 2.20. The molecule has 1 atom stereocenters. The SMILES string of the molecule is CCOc1cccc(C(CC2CCOCC2)NN)c1. The quantitative estimate of drug-likeness (QED) is 0.612. The van der Waals surface area contributed by atoms with E-state index in [0.717, 1.165) is 38.2 Å². The molecule has 1 unspecified atom stereocenters. The first-order chi connectivity index (χ1) is 9.33. The van der Waals surface area contributed by atoms with Gasteiger partial charge in [-0.1, -0.05) is 12.1 Å². The van der Waals surface area contributed by atoms with Crippen molar-refractivity contribution in [3.8, 4) is 5.75 Å². The van der Waals surface area contributed by atoms with Crippen molar-refractivity contribution in [1.82, 2.24) is 5.43 Å². The molecule has 0 aromatic heterocycles. The van der Waals surface area contributed by atoms with Crippen LogP contribution in [0.1, 0.15) is 37.8 Å². The zero-order valence-corrected chi connectivity index (χ0v) is 11.6. The minimum Gasteiger partial charge on any atom is -0.494 e. The molecule has 1 aliphatic rings. The van der Waals surface area contributed by atoms with Gasteiger partial charge in [-0.25, -0.2) is 0 Å². The molecule has 0 bridgehead atoms. The molecule has 0 aliphatic carbocycles. The zero-order valence-electron chi connectivity index (χ0n) is 11.6. The highest BCUT2D eigenvalue weighted by molar-refractivity contribution is 5.30. The van der Waals surface area contributed by atoms with Gasteiger partial charge in [0.2, 0.25) is 0 Å². The Bertz CT molecular complexity index is 378. The van der Waals surface area contributed by atoms with E-state index in [2.05, 4.69) is 17.6 Å². The Labute approximate surface area is 115 Å². The summed E-state index contributed by atoms with van der Waals surface area (Å²) in [6, 6.07) is 8.37. The molecule has 3 N–H and O–H groups in total. The fraction of sp³-hybridized carbons (Fsp3) is 0.600. The van der Waals surface area contributed by atoms with Crippen molar-refractivity contribution in [3.63, 3.8) is 0 Å². The predicted octanol–water partition coefficient (Wildman–Crippen LogP) is 2.41. The molecule has 1 fully saturated rings. The molecule has 0 spiro atoms. The molecule has 1 heterocycles. The van der Waals surface area contributed by atoms with E-state index in [0.29, 0.717) is 12.5 Å². The van der Waals surface area contributed by atoms with Gasteiger partial charge in [-0.2, -0.15) is 0 Å². The highest BCUT2D eigenvalue weighted by Crippen LogP contribution is 2.28. The van der Waals surface area contributed by atoms with Crippen molar-refractivity contribution in [2.75, 3.05) is 19.8 Å². The minimum absolute atomic E-state index is 0.184. The van der Waals surface area contributed by atoms with E-state index in [1.165, 1.54) is 5.56 Å². The molecule has 1 aromatic carbocycles. The van der Waals surface area contributed by atoms with Crippen LogP contribution in [0.25, 0.3) is 0 Å². The maximum Gasteiger partial charge on any atom is 0.119 e. The van der Waals surface area contributed by atoms with Crippen molar-refractivity contribution in [1.29, 1.82) is 0 Å². The molecular weight excluding hydrogens is 240 g/mol. The maximum atomic E-state index is 5.72. The van der Waals surface area contributed by atoms with Gasteiger partial charge < -0.3 is 9.47 Å². The van der Waals surface area contributed by atoms with Crippen LogP contribution in [0, 0.1) is 5.92 Å². The van der Waals surface area contributed by atoms with Crippen LogP contribution in [-0.2, 0) is 4.74 Å². The number of hydrogen-bond donors (Lipinski definition) is 2. The first-order valence-corrected chi connectivity index (χ1v) is 7.10. The molecule has 1 aromatic rings. The first kappa shape index (κ1) is 14.3. The van der Waals surface area contributed by atoms with Crippen molar-refractivity contribution in [2.45, 2.75) is 32.2 Å². The van der Waals surface area contributed by atoms with E-state index in [4.69, 9.17) is 15.3 Å². The Morgan fingerprint density at radius 1 is 1.42 bits per heavy atom. The van der Waals surface area contributed by atoms with E-state index in [1.807, 2.05) is 19.1 Å². The van der Waals surface area contributed by atoms with Crippen LogP contribution in [0.4, 0.5) is 0 Å². The third-order valence-electron chi connectivity index (χ3n) is 3.68. The number of benzene rings is 1. The van der Waals surface area contributed by atoms with Gasteiger partial charge in [-0.15, -0.1) is 0 Å². The normalized spacial score (nSPS) is 18.2. The van der Waals surface area contributed by atoms with Crippen molar-refractivity contribution < 1.29 is 9.47 Å². The Kier molecular flexibility index (Phi) is 5.63. The van der Waals surface area contributed by atoms with Crippen molar-refractivity contribution in [3.05, 3.63) is 29.8 Å². The Morgan fingerprint density at radius 3 is 2.89 bits per heavy atom. The largest absolute Gasteiger partial charge is 0.494 e. The lowest BCUT2D eigenvalue weighted by Gasteiger charge is -2.26. The van der Waals surface area contributed by atoms with E-state index < -0.39 is 0 Å². The molecule has 4 heteroatoms. The van der Waals surface area contributed by atoms with E-state index >= 15 is 0 Å².